The second-order valence-electron chi connectivity index (χ2n) is 10.1. The summed E-state index contributed by atoms with van der Waals surface area (Å²) >= 11 is 0. The SMILES string of the molecule is CC(C)CN(C)CCCN1CC2(CCN(C(=O)C3CC3(C)C)CC2)OC1=O. The number of hydrogen-bond donors (Lipinski definition) is 0. The average molecular weight is 380 g/mol. The number of carbonyl (C=O) groups is 2. The van der Waals surface area contributed by atoms with Crippen molar-refractivity contribution in [2.75, 3.05) is 46.3 Å². The van der Waals surface area contributed by atoms with E-state index in [0.717, 1.165) is 45.3 Å². The number of piperidine rings is 1. The van der Waals surface area contributed by atoms with E-state index >= 15 is 0 Å². The molecule has 0 radical (unpaired) electrons. The van der Waals surface area contributed by atoms with Gasteiger partial charge >= 0.3 is 6.09 Å². The van der Waals surface area contributed by atoms with Gasteiger partial charge in [-0.2, -0.15) is 0 Å². The lowest BCUT2D eigenvalue weighted by atomic mass is 9.91. The molecule has 0 bridgehead atoms. The highest BCUT2D eigenvalue weighted by molar-refractivity contribution is 5.82. The van der Waals surface area contributed by atoms with Crippen LogP contribution in [0.2, 0.25) is 0 Å². The molecule has 1 saturated carbocycles. The van der Waals surface area contributed by atoms with Crippen molar-refractivity contribution in [1.82, 2.24) is 14.7 Å². The molecule has 2 saturated heterocycles. The van der Waals surface area contributed by atoms with Gasteiger partial charge in [0.05, 0.1) is 6.54 Å². The van der Waals surface area contributed by atoms with Gasteiger partial charge in [0.1, 0.15) is 5.60 Å². The fourth-order valence-electron chi connectivity index (χ4n) is 4.61. The molecule has 27 heavy (non-hydrogen) atoms. The Hall–Kier alpha value is -1.30. The van der Waals surface area contributed by atoms with Gasteiger partial charge in [-0.15, -0.1) is 0 Å². The molecule has 2 aliphatic heterocycles. The zero-order chi connectivity index (χ0) is 19.8. The summed E-state index contributed by atoms with van der Waals surface area (Å²) in [7, 11) is 2.14. The van der Waals surface area contributed by atoms with Gasteiger partial charge < -0.3 is 19.4 Å². The Bertz CT molecular complexity index is 567. The van der Waals surface area contributed by atoms with Crippen LogP contribution < -0.4 is 0 Å². The lowest BCUT2D eigenvalue weighted by molar-refractivity contribution is -0.136. The highest BCUT2D eigenvalue weighted by Crippen LogP contribution is 2.52. The van der Waals surface area contributed by atoms with Crippen molar-refractivity contribution in [1.29, 1.82) is 0 Å². The summed E-state index contributed by atoms with van der Waals surface area (Å²) in [5.74, 6) is 1.14. The predicted octanol–water partition coefficient (Wildman–Crippen LogP) is 2.82. The fraction of sp³-hybridized carbons (Fsp3) is 0.905. The Morgan fingerprint density at radius 3 is 2.48 bits per heavy atom. The van der Waals surface area contributed by atoms with Crippen molar-refractivity contribution >= 4 is 12.0 Å². The number of likely N-dealkylation sites (tertiary alicyclic amines) is 1. The van der Waals surface area contributed by atoms with Crippen molar-refractivity contribution in [3.63, 3.8) is 0 Å². The molecule has 6 heteroatoms. The van der Waals surface area contributed by atoms with Crippen LogP contribution in [0.3, 0.4) is 0 Å². The van der Waals surface area contributed by atoms with Crippen molar-refractivity contribution in [3.05, 3.63) is 0 Å². The molecular formula is C21H37N3O3. The molecule has 154 valence electrons. The van der Waals surface area contributed by atoms with E-state index in [1.165, 1.54) is 0 Å². The summed E-state index contributed by atoms with van der Waals surface area (Å²) < 4.78 is 5.81. The third-order valence-corrected chi connectivity index (χ3v) is 6.48. The van der Waals surface area contributed by atoms with Crippen molar-refractivity contribution in [2.45, 2.75) is 59.0 Å². The molecule has 2 heterocycles. The molecule has 0 N–H and O–H groups in total. The molecule has 3 fully saturated rings. The number of ether oxygens (including phenoxy) is 1. The first-order valence-electron chi connectivity index (χ1n) is 10.6. The molecule has 0 aromatic heterocycles. The summed E-state index contributed by atoms with van der Waals surface area (Å²) in [5, 5.41) is 0. The van der Waals surface area contributed by atoms with Gasteiger partial charge in [0.25, 0.3) is 0 Å². The molecule has 1 aliphatic carbocycles. The standard InChI is InChI=1S/C21H37N3O3/c1-16(2)14-22(5)9-6-10-24-15-21(27-19(24)26)7-11-23(12-8-21)18(25)17-13-20(17,3)4/h16-17H,6-15H2,1-5H3. The Morgan fingerprint density at radius 1 is 1.30 bits per heavy atom. The zero-order valence-electron chi connectivity index (χ0n) is 17.8. The van der Waals surface area contributed by atoms with Crippen LogP contribution in [0.4, 0.5) is 4.79 Å². The smallest absolute Gasteiger partial charge is 0.410 e. The number of amides is 2. The van der Waals surface area contributed by atoms with Gasteiger partial charge in [-0.3, -0.25) is 4.79 Å². The van der Waals surface area contributed by atoms with E-state index in [0.29, 0.717) is 31.5 Å². The van der Waals surface area contributed by atoms with Crippen LogP contribution >= 0.6 is 0 Å². The fourth-order valence-corrected chi connectivity index (χ4v) is 4.61. The first-order valence-corrected chi connectivity index (χ1v) is 10.6. The summed E-state index contributed by atoms with van der Waals surface area (Å²) in [4.78, 5) is 31.1. The van der Waals surface area contributed by atoms with Crippen molar-refractivity contribution in [3.8, 4) is 0 Å². The summed E-state index contributed by atoms with van der Waals surface area (Å²) in [6.07, 6.45) is 3.32. The summed E-state index contributed by atoms with van der Waals surface area (Å²) in [6, 6.07) is 0. The third kappa shape index (κ3) is 4.76. The van der Waals surface area contributed by atoms with E-state index in [4.69, 9.17) is 4.74 Å². The largest absolute Gasteiger partial charge is 0.441 e. The van der Waals surface area contributed by atoms with Gasteiger partial charge in [-0.1, -0.05) is 27.7 Å². The first-order chi connectivity index (χ1) is 12.6. The molecule has 1 atom stereocenters. The normalized spacial score (nSPS) is 26.2. The van der Waals surface area contributed by atoms with Crippen molar-refractivity contribution < 1.29 is 14.3 Å². The molecule has 1 unspecified atom stereocenters. The summed E-state index contributed by atoms with van der Waals surface area (Å²) in [5.41, 5.74) is -0.206. The van der Waals surface area contributed by atoms with Gasteiger partial charge in [0.2, 0.25) is 5.91 Å². The Balaban J connectivity index is 1.43. The van der Waals surface area contributed by atoms with Crippen LogP contribution in [0.25, 0.3) is 0 Å². The Morgan fingerprint density at radius 2 is 1.93 bits per heavy atom. The van der Waals surface area contributed by atoms with Crippen LogP contribution in [-0.4, -0.2) is 78.6 Å². The number of hydrogen-bond acceptors (Lipinski definition) is 4. The molecule has 3 rings (SSSR count). The average Bonchev–Trinajstić information content (AvgIpc) is 3.10. The van der Waals surface area contributed by atoms with E-state index in [1.54, 1.807) is 0 Å². The second-order valence-corrected chi connectivity index (χ2v) is 10.1. The van der Waals surface area contributed by atoms with Crippen LogP contribution in [-0.2, 0) is 9.53 Å². The Kier molecular flexibility index (Phi) is 5.76. The Labute approximate surface area is 164 Å². The maximum atomic E-state index is 12.6. The van der Waals surface area contributed by atoms with Crippen LogP contribution in [0.1, 0.15) is 53.4 Å². The molecule has 6 nitrogen and oxygen atoms in total. The maximum absolute atomic E-state index is 12.6. The van der Waals surface area contributed by atoms with Gasteiger partial charge in [0.15, 0.2) is 0 Å². The summed E-state index contributed by atoms with van der Waals surface area (Å²) in [6.45, 7) is 13.7. The predicted molar refractivity (Wildman–Crippen MR) is 105 cm³/mol. The topological polar surface area (TPSA) is 53.1 Å². The highest BCUT2D eigenvalue weighted by atomic mass is 16.6. The van der Waals surface area contributed by atoms with E-state index in [2.05, 4.69) is 39.6 Å². The van der Waals surface area contributed by atoms with Gasteiger partial charge in [0, 0.05) is 44.9 Å². The maximum Gasteiger partial charge on any atom is 0.410 e. The molecular weight excluding hydrogens is 342 g/mol. The second kappa shape index (κ2) is 7.61. The molecule has 2 amide bonds. The molecule has 0 aromatic rings. The minimum Gasteiger partial charge on any atom is -0.441 e. The van der Waals surface area contributed by atoms with E-state index in [9.17, 15) is 9.59 Å². The minimum atomic E-state index is -0.378. The van der Waals surface area contributed by atoms with Crippen LogP contribution in [0.5, 0.6) is 0 Å². The molecule has 0 aromatic carbocycles. The monoisotopic (exact) mass is 379 g/mol. The van der Waals surface area contributed by atoms with Crippen molar-refractivity contribution in [2.24, 2.45) is 17.3 Å². The third-order valence-electron chi connectivity index (χ3n) is 6.48. The first kappa shape index (κ1) is 20.4. The van der Waals surface area contributed by atoms with E-state index < -0.39 is 0 Å². The number of nitrogens with zero attached hydrogens (tertiary/aromatic N) is 3. The van der Waals surface area contributed by atoms with E-state index in [1.807, 2.05) is 9.80 Å². The number of rotatable bonds is 7. The van der Waals surface area contributed by atoms with Crippen LogP contribution in [0, 0.1) is 17.3 Å². The number of carbonyl (C=O) groups excluding carboxylic acids is 2. The molecule has 3 aliphatic rings. The highest BCUT2D eigenvalue weighted by Gasteiger charge is 2.54. The van der Waals surface area contributed by atoms with E-state index in [-0.39, 0.29) is 23.0 Å². The van der Waals surface area contributed by atoms with Gasteiger partial charge in [-0.05, 0) is 37.8 Å². The van der Waals surface area contributed by atoms with Crippen LogP contribution in [0.15, 0.2) is 0 Å². The zero-order valence-corrected chi connectivity index (χ0v) is 17.8. The minimum absolute atomic E-state index is 0.172. The molecule has 1 spiro atoms. The lowest BCUT2D eigenvalue weighted by Crippen LogP contribution is -2.49. The quantitative estimate of drug-likeness (QED) is 0.683. The van der Waals surface area contributed by atoms with Gasteiger partial charge in [-0.25, -0.2) is 4.79 Å². The lowest BCUT2D eigenvalue weighted by Gasteiger charge is -2.37.